The molecule has 1 aliphatic rings. The molecule has 2 nitrogen and oxygen atoms in total. The van der Waals surface area contributed by atoms with E-state index in [1.807, 2.05) is 18.2 Å². The summed E-state index contributed by atoms with van der Waals surface area (Å²) in [6.45, 7) is 0. The van der Waals surface area contributed by atoms with Crippen LogP contribution in [0.25, 0.3) is 0 Å². The van der Waals surface area contributed by atoms with Crippen molar-refractivity contribution in [2.24, 2.45) is 4.99 Å². The number of rotatable bonds is 2. The highest BCUT2D eigenvalue weighted by Crippen LogP contribution is 2.28. The van der Waals surface area contributed by atoms with Crippen molar-refractivity contribution < 1.29 is 4.74 Å². The van der Waals surface area contributed by atoms with Crippen LogP contribution in [0.2, 0.25) is 0 Å². The first-order chi connectivity index (χ1) is 8.36. The number of methoxy groups -OCH3 is 1. The van der Waals surface area contributed by atoms with E-state index in [1.54, 1.807) is 7.11 Å². The van der Waals surface area contributed by atoms with Crippen LogP contribution >= 0.6 is 0 Å². The van der Waals surface area contributed by atoms with Gasteiger partial charge in [-0.1, -0.05) is 18.2 Å². The van der Waals surface area contributed by atoms with Gasteiger partial charge in [0, 0.05) is 6.42 Å². The van der Waals surface area contributed by atoms with Gasteiger partial charge in [-0.25, -0.2) is 0 Å². The summed E-state index contributed by atoms with van der Waals surface area (Å²) >= 11 is 0. The Bertz CT molecular complexity index is 570. The van der Waals surface area contributed by atoms with Crippen LogP contribution in [0.5, 0.6) is 5.75 Å². The van der Waals surface area contributed by atoms with E-state index in [2.05, 4.69) is 35.3 Å². The zero-order valence-corrected chi connectivity index (χ0v) is 9.68. The molecule has 1 heterocycles. The number of nitrogens with zero attached hydrogens (tertiary/aromatic N) is 1. The first-order valence-corrected chi connectivity index (χ1v) is 5.67. The van der Waals surface area contributed by atoms with E-state index in [1.165, 1.54) is 11.1 Å². The molecule has 2 heteroatoms. The number of para-hydroxylation sites is 1. The predicted octanol–water partition coefficient (Wildman–Crippen LogP) is 3.37. The molecule has 3 rings (SSSR count). The molecule has 0 unspecified atom stereocenters. The van der Waals surface area contributed by atoms with E-state index in [4.69, 9.17) is 4.74 Å². The number of aliphatic imine (C=N–C) groups is 1. The number of fused-ring (bicyclic) bond motifs is 1. The Morgan fingerprint density at radius 3 is 2.47 bits per heavy atom. The molecule has 0 aromatic heterocycles. The molecule has 2 aromatic carbocycles. The maximum Gasteiger partial charge on any atom is 0.118 e. The second kappa shape index (κ2) is 4.06. The first kappa shape index (κ1) is 10.1. The fourth-order valence-electron chi connectivity index (χ4n) is 2.08. The van der Waals surface area contributed by atoms with Gasteiger partial charge in [-0.05, 0) is 41.5 Å². The van der Waals surface area contributed by atoms with E-state index in [9.17, 15) is 0 Å². The SMILES string of the molecule is COc1ccc(C2=Nc3ccccc3C2)cc1. The average molecular weight is 223 g/mol. The highest BCUT2D eigenvalue weighted by molar-refractivity contribution is 6.06. The van der Waals surface area contributed by atoms with Gasteiger partial charge in [-0.15, -0.1) is 0 Å². The smallest absolute Gasteiger partial charge is 0.118 e. The molecule has 0 aliphatic carbocycles. The summed E-state index contributed by atoms with van der Waals surface area (Å²) in [7, 11) is 1.68. The normalized spacial score (nSPS) is 13.1. The molecule has 0 N–H and O–H groups in total. The summed E-state index contributed by atoms with van der Waals surface area (Å²) in [6, 6.07) is 16.3. The van der Waals surface area contributed by atoms with Gasteiger partial charge in [0.2, 0.25) is 0 Å². The fraction of sp³-hybridized carbons (Fsp3) is 0.133. The molecular formula is C15H13NO. The minimum Gasteiger partial charge on any atom is -0.497 e. The van der Waals surface area contributed by atoms with Gasteiger partial charge in [0.05, 0.1) is 18.5 Å². The Morgan fingerprint density at radius 1 is 1.00 bits per heavy atom. The van der Waals surface area contributed by atoms with Gasteiger partial charge < -0.3 is 4.74 Å². The molecule has 0 amide bonds. The first-order valence-electron chi connectivity index (χ1n) is 5.67. The molecule has 0 atom stereocenters. The molecule has 17 heavy (non-hydrogen) atoms. The third-order valence-corrected chi connectivity index (χ3v) is 3.03. The fourth-order valence-corrected chi connectivity index (χ4v) is 2.08. The van der Waals surface area contributed by atoms with E-state index >= 15 is 0 Å². The lowest BCUT2D eigenvalue weighted by Gasteiger charge is -2.02. The van der Waals surface area contributed by atoms with Crippen molar-refractivity contribution >= 4 is 11.4 Å². The molecule has 84 valence electrons. The van der Waals surface area contributed by atoms with Crippen LogP contribution in [0.3, 0.4) is 0 Å². The molecule has 0 fully saturated rings. The minimum atomic E-state index is 0.880. The van der Waals surface area contributed by atoms with Crippen molar-refractivity contribution in [3.05, 3.63) is 59.7 Å². The van der Waals surface area contributed by atoms with Gasteiger partial charge in [-0.3, -0.25) is 4.99 Å². The largest absolute Gasteiger partial charge is 0.497 e. The Kier molecular flexibility index (Phi) is 2.41. The number of hydrogen-bond donors (Lipinski definition) is 0. The van der Waals surface area contributed by atoms with Crippen LogP contribution in [-0.4, -0.2) is 12.8 Å². The maximum absolute atomic E-state index is 5.15. The van der Waals surface area contributed by atoms with Gasteiger partial charge in [0.15, 0.2) is 0 Å². The lowest BCUT2D eigenvalue weighted by Crippen LogP contribution is -1.99. The predicted molar refractivity (Wildman–Crippen MR) is 69.3 cm³/mol. The zero-order valence-electron chi connectivity index (χ0n) is 9.68. The van der Waals surface area contributed by atoms with Crippen molar-refractivity contribution in [2.75, 3.05) is 7.11 Å². The minimum absolute atomic E-state index is 0.880. The molecule has 1 aliphatic heterocycles. The quantitative estimate of drug-likeness (QED) is 0.764. The Labute approximate surface area is 101 Å². The summed E-state index contributed by atoms with van der Waals surface area (Å²) in [5, 5.41) is 0. The van der Waals surface area contributed by atoms with E-state index < -0.39 is 0 Å². The van der Waals surface area contributed by atoms with Crippen molar-refractivity contribution in [1.82, 2.24) is 0 Å². The van der Waals surface area contributed by atoms with Crippen molar-refractivity contribution in [1.29, 1.82) is 0 Å². The van der Waals surface area contributed by atoms with Crippen molar-refractivity contribution in [3.8, 4) is 5.75 Å². The third-order valence-electron chi connectivity index (χ3n) is 3.03. The van der Waals surface area contributed by atoms with Crippen molar-refractivity contribution in [3.63, 3.8) is 0 Å². The molecule has 0 radical (unpaired) electrons. The van der Waals surface area contributed by atoms with Gasteiger partial charge in [-0.2, -0.15) is 0 Å². The average Bonchev–Trinajstić information content (AvgIpc) is 2.82. The third kappa shape index (κ3) is 1.82. The Morgan fingerprint density at radius 2 is 1.76 bits per heavy atom. The standard InChI is InChI=1S/C15H13NO/c1-17-13-8-6-11(7-9-13)15-10-12-4-2-3-5-14(12)16-15/h2-9H,10H2,1H3. The van der Waals surface area contributed by atoms with E-state index in [0.29, 0.717) is 0 Å². The monoisotopic (exact) mass is 223 g/mol. The van der Waals surface area contributed by atoms with Crippen LogP contribution in [0.1, 0.15) is 11.1 Å². The highest BCUT2D eigenvalue weighted by Gasteiger charge is 2.14. The van der Waals surface area contributed by atoms with E-state index in [-0.39, 0.29) is 0 Å². The topological polar surface area (TPSA) is 21.6 Å². The molecule has 0 saturated carbocycles. The summed E-state index contributed by atoms with van der Waals surface area (Å²) in [4.78, 5) is 4.65. The molecule has 2 aromatic rings. The van der Waals surface area contributed by atoms with Crippen molar-refractivity contribution in [2.45, 2.75) is 6.42 Å². The summed E-state index contributed by atoms with van der Waals surface area (Å²) < 4.78 is 5.15. The zero-order chi connectivity index (χ0) is 11.7. The molecule has 0 spiro atoms. The molecule has 0 saturated heterocycles. The number of ether oxygens (including phenoxy) is 1. The molecule has 0 bridgehead atoms. The summed E-state index contributed by atoms with van der Waals surface area (Å²) in [5.74, 6) is 0.880. The van der Waals surface area contributed by atoms with Crippen LogP contribution < -0.4 is 4.74 Å². The second-order valence-corrected chi connectivity index (χ2v) is 4.09. The number of hydrogen-bond acceptors (Lipinski definition) is 2. The molecular weight excluding hydrogens is 210 g/mol. The number of benzene rings is 2. The van der Waals surface area contributed by atoms with Crippen LogP contribution in [0.15, 0.2) is 53.5 Å². The van der Waals surface area contributed by atoms with Gasteiger partial charge >= 0.3 is 0 Å². The van der Waals surface area contributed by atoms with Crippen LogP contribution in [0, 0.1) is 0 Å². The Balaban J connectivity index is 1.92. The van der Waals surface area contributed by atoms with Crippen LogP contribution in [0.4, 0.5) is 5.69 Å². The van der Waals surface area contributed by atoms with Gasteiger partial charge in [0.1, 0.15) is 5.75 Å². The Hall–Kier alpha value is -2.09. The second-order valence-electron chi connectivity index (χ2n) is 4.09. The summed E-state index contributed by atoms with van der Waals surface area (Å²) in [6.07, 6.45) is 0.919. The highest BCUT2D eigenvalue weighted by atomic mass is 16.5. The lowest BCUT2D eigenvalue weighted by molar-refractivity contribution is 0.415. The summed E-state index contributed by atoms with van der Waals surface area (Å²) in [5.41, 5.74) is 4.70. The van der Waals surface area contributed by atoms with Gasteiger partial charge in [0.25, 0.3) is 0 Å². The lowest BCUT2D eigenvalue weighted by atomic mass is 10.0. The van der Waals surface area contributed by atoms with E-state index in [0.717, 1.165) is 23.6 Å². The maximum atomic E-state index is 5.15. The van der Waals surface area contributed by atoms with Crippen LogP contribution in [-0.2, 0) is 6.42 Å².